The van der Waals surface area contributed by atoms with E-state index in [1.165, 1.54) is 0 Å². The van der Waals surface area contributed by atoms with Gasteiger partial charge in [0, 0.05) is 32.3 Å². The van der Waals surface area contributed by atoms with Gasteiger partial charge >= 0.3 is 0 Å². The van der Waals surface area contributed by atoms with E-state index in [1.807, 2.05) is 0 Å². The van der Waals surface area contributed by atoms with Gasteiger partial charge in [-0.1, -0.05) is 13.8 Å². The van der Waals surface area contributed by atoms with Crippen LogP contribution < -0.4 is 5.32 Å². The summed E-state index contributed by atoms with van der Waals surface area (Å²) in [6, 6.07) is 0.900. The molecule has 1 aliphatic heterocycles. The van der Waals surface area contributed by atoms with Crippen LogP contribution in [0.4, 0.5) is 0 Å². The van der Waals surface area contributed by atoms with Gasteiger partial charge in [0.1, 0.15) is 0 Å². The van der Waals surface area contributed by atoms with Crippen LogP contribution >= 0.6 is 0 Å². The van der Waals surface area contributed by atoms with E-state index in [-0.39, 0.29) is 12.1 Å². The molecule has 0 bridgehead atoms. The summed E-state index contributed by atoms with van der Waals surface area (Å²) in [5, 5.41) is 13.1. The van der Waals surface area contributed by atoms with Crippen molar-refractivity contribution in [2.75, 3.05) is 26.8 Å². The van der Waals surface area contributed by atoms with E-state index >= 15 is 0 Å². The Morgan fingerprint density at radius 2 is 2.17 bits per heavy atom. The zero-order valence-corrected chi connectivity index (χ0v) is 12.6. The first kappa shape index (κ1) is 15.9. The van der Waals surface area contributed by atoms with Crippen molar-refractivity contribution in [2.24, 2.45) is 0 Å². The predicted octanol–water partition coefficient (Wildman–Crippen LogP) is 1.23. The van der Waals surface area contributed by atoms with E-state index in [1.54, 1.807) is 7.11 Å². The highest BCUT2D eigenvalue weighted by atomic mass is 16.5. The maximum absolute atomic E-state index is 9.64. The van der Waals surface area contributed by atoms with Crippen molar-refractivity contribution in [1.29, 1.82) is 0 Å². The molecule has 3 unspecified atom stereocenters. The van der Waals surface area contributed by atoms with Crippen molar-refractivity contribution >= 4 is 0 Å². The number of piperidine rings is 1. The Kier molecular flexibility index (Phi) is 6.05. The molecule has 4 nitrogen and oxygen atoms in total. The minimum absolute atomic E-state index is 0.169. The molecule has 0 aromatic carbocycles. The number of aliphatic hydroxyl groups excluding tert-OH is 1. The molecule has 0 spiro atoms. The number of methoxy groups -OCH3 is 1. The molecular weight excluding hydrogens is 228 g/mol. The highest BCUT2D eigenvalue weighted by Gasteiger charge is 2.32. The number of hydrogen-bond acceptors (Lipinski definition) is 4. The molecule has 0 radical (unpaired) electrons. The number of aliphatic hydroxyl groups is 1. The summed E-state index contributed by atoms with van der Waals surface area (Å²) in [6.07, 6.45) is 2.57. The maximum Gasteiger partial charge on any atom is 0.0623 e. The molecule has 1 heterocycles. The number of hydrogen-bond donors (Lipinski definition) is 2. The van der Waals surface area contributed by atoms with Crippen LogP contribution in [0.15, 0.2) is 0 Å². The zero-order chi connectivity index (χ0) is 13.8. The predicted molar refractivity (Wildman–Crippen MR) is 74.8 cm³/mol. The van der Waals surface area contributed by atoms with Gasteiger partial charge in [0.25, 0.3) is 0 Å². The quantitative estimate of drug-likeness (QED) is 0.752. The van der Waals surface area contributed by atoms with Crippen molar-refractivity contribution in [3.05, 3.63) is 0 Å². The first-order valence-electron chi connectivity index (χ1n) is 7.05. The van der Waals surface area contributed by atoms with Crippen LogP contribution in [-0.4, -0.2) is 60.5 Å². The Morgan fingerprint density at radius 3 is 2.61 bits per heavy atom. The first-order valence-corrected chi connectivity index (χ1v) is 7.05. The SMILES string of the molecule is COC1CCN(CC(C)(CO)NC(C)C)C(C)C1. The number of likely N-dealkylation sites (tertiary alicyclic amines) is 1. The molecule has 0 saturated carbocycles. The summed E-state index contributed by atoms with van der Waals surface area (Å²) >= 11 is 0. The second-order valence-corrected chi connectivity index (χ2v) is 6.22. The highest BCUT2D eigenvalue weighted by Crippen LogP contribution is 2.21. The van der Waals surface area contributed by atoms with Crippen LogP contribution in [-0.2, 0) is 4.74 Å². The van der Waals surface area contributed by atoms with Gasteiger partial charge < -0.3 is 15.2 Å². The van der Waals surface area contributed by atoms with Crippen molar-refractivity contribution in [2.45, 2.75) is 64.3 Å². The van der Waals surface area contributed by atoms with E-state index in [9.17, 15) is 5.11 Å². The lowest BCUT2D eigenvalue weighted by atomic mass is 9.95. The van der Waals surface area contributed by atoms with Crippen molar-refractivity contribution in [3.63, 3.8) is 0 Å². The lowest BCUT2D eigenvalue weighted by Crippen LogP contribution is -2.59. The van der Waals surface area contributed by atoms with Gasteiger partial charge in [-0.2, -0.15) is 0 Å². The van der Waals surface area contributed by atoms with Crippen LogP contribution in [0.25, 0.3) is 0 Å². The van der Waals surface area contributed by atoms with Crippen LogP contribution in [0.2, 0.25) is 0 Å². The average Bonchev–Trinajstić information content (AvgIpc) is 2.31. The molecule has 108 valence electrons. The monoisotopic (exact) mass is 258 g/mol. The number of rotatable bonds is 6. The fourth-order valence-electron chi connectivity index (χ4n) is 2.91. The molecule has 1 rings (SSSR count). The smallest absolute Gasteiger partial charge is 0.0623 e. The van der Waals surface area contributed by atoms with Crippen LogP contribution in [0.5, 0.6) is 0 Å². The number of nitrogens with one attached hydrogen (secondary N) is 1. The molecule has 0 amide bonds. The van der Waals surface area contributed by atoms with Crippen LogP contribution in [0.3, 0.4) is 0 Å². The van der Waals surface area contributed by atoms with Crippen molar-refractivity contribution < 1.29 is 9.84 Å². The number of nitrogens with zero attached hydrogens (tertiary/aromatic N) is 1. The Bertz CT molecular complexity index is 248. The average molecular weight is 258 g/mol. The molecular formula is C14H30N2O2. The summed E-state index contributed by atoms with van der Waals surface area (Å²) in [4.78, 5) is 2.46. The topological polar surface area (TPSA) is 44.7 Å². The molecule has 4 heteroatoms. The highest BCUT2D eigenvalue weighted by molar-refractivity contribution is 4.91. The fourth-order valence-corrected chi connectivity index (χ4v) is 2.91. The van der Waals surface area contributed by atoms with Crippen LogP contribution in [0.1, 0.15) is 40.5 Å². The van der Waals surface area contributed by atoms with Crippen LogP contribution in [0, 0.1) is 0 Å². The molecule has 18 heavy (non-hydrogen) atoms. The van der Waals surface area contributed by atoms with Gasteiger partial charge in [-0.3, -0.25) is 4.90 Å². The van der Waals surface area contributed by atoms with E-state index in [2.05, 4.69) is 37.9 Å². The molecule has 0 aromatic rings. The van der Waals surface area contributed by atoms with Crippen molar-refractivity contribution in [1.82, 2.24) is 10.2 Å². The summed E-state index contributed by atoms with van der Waals surface area (Å²) in [5.74, 6) is 0. The fraction of sp³-hybridized carbons (Fsp3) is 1.00. The van der Waals surface area contributed by atoms with Gasteiger partial charge in [-0.05, 0) is 26.7 Å². The molecule has 0 aromatic heterocycles. The van der Waals surface area contributed by atoms with Gasteiger partial charge in [0.05, 0.1) is 18.2 Å². The second kappa shape index (κ2) is 6.85. The van der Waals surface area contributed by atoms with E-state index in [4.69, 9.17) is 4.74 Å². The van der Waals surface area contributed by atoms with Gasteiger partial charge in [-0.15, -0.1) is 0 Å². The van der Waals surface area contributed by atoms with Gasteiger partial charge in [0.15, 0.2) is 0 Å². The van der Waals surface area contributed by atoms with E-state index in [0.717, 1.165) is 25.9 Å². The molecule has 3 atom stereocenters. The molecule has 1 fully saturated rings. The molecule has 0 aliphatic carbocycles. The molecule has 2 N–H and O–H groups in total. The lowest BCUT2D eigenvalue weighted by molar-refractivity contribution is -0.000287. The van der Waals surface area contributed by atoms with E-state index < -0.39 is 0 Å². The Balaban J connectivity index is 2.54. The van der Waals surface area contributed by atoms with Gasteiger partial charge in [-0.25, -0.2) is 0 Å². The molecule has 1 aliphatic rings. The summed E-state index contributed by atoms with van der Waals surface area (Å²) in [7, 11) is 1.80. The first-order chi connectivity index (χ1) is 8.40. The largest absolute Gasteiger partial charge is 0.394 e. The third-order valence-corrected chi connectivity index (χ3v) is 3.84. The standard InChI is InChI=1S/C14H30N2O2/c1-11(2)15-14(4,10-17)9-16-7-6-13(18-5)8-12(16)3/h11-13,15,17H,6-10H2,1-5H3. The molecule has 1 saturated heterocycles. The van der Waals surface area contributed by atoms with Gasteiger partial charge in [0.2, 0.25) is 0 Å². The zero-order valence-electron chi connectivity index (χ0n) is 12.6. The normalized spacial score (nSPS) is 29.5. The number of ether oxygens (including phenoxy) is 1. The summed E-state index contributed by atoms with van der Waals surface area (Å²) in [6.45, 7) is 10.7. The Labute approximate surface area is 112 Å². The van der Waals surface area contributed by atoms with E-state index in [0.29, 0.717) is 18.2 Å². The van der Waals surface area contributed by atoms with Crippen molar-refractivity contribution in [3.8, 4) is 0 Å². The third-order valence-electron chi connectivity index (χ3n) is 3.84. The minimum atomic E-state index is -0.220. The third kappa shape index (κ3) is 4.50. The summed E-state index contributed by atoms with van der Waals surface area (Å²) in [5.41, 5.74) is -0.220. The minimum Gasteiger partial charge on any atom is -0.394 e. The Morgan fingerprint density at radius 1 is 1.50 bits per heavy atom. The maximum atomic E-state index is 9.64. The summed E-state index contributed by atoms with van der Waals surface area (Å²) < 4.78 is 5.44. The Hall–Kier alpha value is -0.160. The second-order valence-electron chi connectivity index (χ2n) is 6.22. The lowest BCUT2D eigenvalue weighted by Gasteiger charge is -2.43.